The van der Waals surface area contributed by atoms with Crippen LogP contribution in [0.25, 0.3) is 5.69 Å². The zero-order chi connectivity index (χ0) is 19.2. The van der Waals surface area contributed by atoms with E-state index in [0.717, 1.165) is 23.5 Å². The average molecular weight is 382 g/mol. The van der Waals surface area contributed by atoms with E-state index in [4.69, 9.17) is 0 Å². The highest BCUT2D eigenvalue weighted by molar-refractivity contribution is 7.99. The standard InChI is InChI=1S/C20H23N5OS/c1-15-7-9-18(10-8-15)25-14-21-23-20(25)27-13-19(26)22-17-6-4-5-16(11-17)12-24(2)3/h4-11,14H,12-13H2,1-3H3,(H,22,26). The first kappa shape index (κ1) is 19.1. The number of rotatable bonds is 7. The largest absolute Gasteiger partial charge is 0.325 e. The van der Waals surface area contributed by atoms with Gasteiger partial charge in [0.1, 0.15) is 6.33 Å². The second kappa shape index (κ2) is 8.83. The number of thioether (sulfide) groups is 1. The Kier molecular flexibility index (Phi) is 6.26. The van der Waals surface area contributed by atoms with Gasteiger partial charge in [-0.25, -0.2) is 0 Å². The highest BCUT2D eigenvalue weighted by Gasteiger charge is 2.10. The summed E-state index contributed by atoms with van der Waals surface area (Å²) in [6, 6.07) is 16.0. The molecule has 1 aromatic heterocycles. The summed E-state index contributed by atoms with van der Waals surface area (Å²) in [5, 5.41) is 11.7. The lowest BCUT2D eigenvalue weighted by Gasteiger charge is -2.11. The van der Waals surface area contributed by atoms with E-state index in [1.54, 1.807) is 6.33 Å². The van der Waals surface area contributed by atoms with Crippen molar-refractivity contribution < 1.29 is 4.79 Å². The highest BCUT2D eigenvalue weighted by Crippen LogP contribution is 2.20. The summed E-state index contributed by atoms with van der Waals surface area (Å²) in [7, 11) is 4.04. The van der Waals surface area contributed by atoms with E-state index in [1.165, 1.54) is 17.3 Å². The zero-order valence-electron chi connectivity index (χ0n) is 15.7. The van der Waals surface area contributed by atoms with Crippen LogP contribution in [0.1, 0.15) is 11.1 Å². The van der Waals surface area contributed by atoms with Gasteiger partial charge in [0.2, 0.25) is 5.91 Å². The van der Waals surface area contributed by atoms with Gasteiger partial charge in [-0.3, -0.25) is 9.36 Å². The van der Waals surface area contributed by atoms with Crippen LogP contribution in [-0.2, 0) is 11.3 Å². The Labute approximate surface area is 163 Å². The average Bonchev–Trinajstić information content (AvgIpc) is 3.09. The molecular formula is C20H23N5OS. The van der Waals surface area contributed by atoms with E-state index in [-0.39, 0.29) is 11.7 Å². The van der Waals surface area contributed by atoms with E-state index in [2.05, 4.69) is 26.5 Å². The summed E-state index contributed by atoms with van der Waals surface area (Å²) < 4.78 is 1.88. The molecule has 1 N–H and O–H groups in total. The molecule has 1 heterocycles. The van der Waals surface area contributed by atoms with Gasteiger partial charge in [-0.1, -0.05) is 41.6 Å². The maximum atomic E-state index is 12.3. The zero-order valence-corrected chi connectivity index (χ0v) is 16.5. The summed E-state index contributed by atoms with van der Waals surface area (Å²) in [5.41, 5.74) is 4.13. The fourth-order valence-corrected chi connectivity index (χ4v) is 3.37. The molecule has 0 aliphatic heterocycles. The lowest BCUT2D eigenvalue weighted by molar-refractivity contribution is -0.113. The van der Waals surface area contributed by atoms with Crippen molar-refractivity contribution in [1.29, 1.82) is 0 Å². The van der Waals surface area contributed by atoms with Gasteiger partial charge in [-0.2, -0.15) is 0 Å². The molecule has 0 fully saturated rings. The first-order chi connectivity index (χ1) is 13.0. The Morgan fingerprint density at radius 1 is 1.19 bits per heavy atom. The van der Waals surface area contributed by atoms with E-state index < -0.39 is 0 Å². The van der Waals surface area contributed by atoms with Crippen LogP contribution in [0.4, 0.5) is 5.69 Å². The van der Waals surface area contributed by atoms with Gasteiger partial charge in [-0.05, 0) is 50.8 Å². The maximum absolute atomic E-state index is 12.3. The number of amides is 1. The summed E-state index contributed by atoms with van der Waals surface area (Å²) in [4.78, 5) is 14.4. The molecule has 0 bridgehead atoms. The topological polar surface area (TPSA) is 63.1 Å². The van der Waals surface area contributed by atoms with Crippen molar-refractivity contribution in [2.45, 2.75) is 18.6 Å². The van der Waals surface area contributed by atoms with Gasteiger partial charge in [0.15, 0.2) is 5.16 Å². The molecule has 3 rings (SSSR count). The van der Waals surface area contributed by atoms with E-state index in [0.29, 0.717) is 5.16 Å². The molecule has 0 unspecified atom stereocenters. The van der Waals surface area contributed by atoms with Gasteiger partial charge in [0, 0.05) is 17.9 Å². The lowest BCUT2D eigenvalue weighted by Crippen LogP contribution is -2.15. The van der Waals surface area contributed by atoms with Crippen molar-refractivity contribution in [3.63, 3.8) is 0 Å². The number of anilines is 1. The van der Waals surface area contributed by atoms with Crippen LogP contribution in [0.15, 0.2) is 60.0 Å². The third-order valence-electron chi connectivity index (χ3n) is 3.87. The number of carbonyl (C=O) groups excluding carboxylic acids is 1. The summed E-state index contributed by atoms with van der Waals surface area (Å²) in [5.74, 6) is 0.197. The van der Waals surface area contributed by atoms with Crippen LogP contribution in [-0.4, -0.2) is 45.4 Å². The van der Waals surface area contributed by atoms with Gasteiger partial charge < -0.3 is 10.2 Å². The minimum Gasteiger partial charge on any atom is -0.325 e. The second-order valence-corrected chi connectivity index (χ2v) is 7.54. The van der Waals surface area contributed by atoms with Gasteiger partial charge >= 0.3 is 0 Å². The van der Waals surface area contributed by atoms with Crippen LogP contribution < -0.4 is 5.32 Å². The Morgan fingerprint density at radius 2 is 1.96 bits per heavy atom. The SMILES string of the molecule is Cc1ccc(-n2cnnc2SCC(=O)Nc2cccc(CN(C)C)c2)cc1. The molecular weight excluding hydrogens is 358 g/mol. The second-order valence-electron chi connectivity index (χ2n) is 6.59. The minimum absolute atomic E-state index is 0.0690. The lowest BCUT2D eigenvalue weighted by atomic mass is 10.2. The summed E-state index contributed by atoms with van der Waals surface area (Å²) >= 11 is 1.36. The van der Waals surface area contributed by atoms with E-state index >= 15 is 0 Å². The van der Waals surface area contributed by atoms with Crippen molar-refractivity contribution in [2.75, 3.05) is 25.2 Å². The molecule has 0 saturated heterocycles. The quantitative estimate of drug-likeness (QED) is 0.636. The molecule has 0 aliphatic rings. The number of hydrogen-bond acceptors (Lipinski definition) is 5. The van der Waals surface area contributed by atoms with Crippen LogP contribution in [0.5, 0.6) is 0 Å². The predicted octanol–water partition coefficient (Wildman–Crippen LogP) is 3.37. The van der Waals surface area contributed by atoms with Gasteiger partial charge in [0.25, 0.3) is 0 Å². The summed E-state index contributed by atoms with van der Waals surface area (Å²) in [6.07, 6.45) is 1.66. The number of carbonyl (C=O) groups is 1. The first-order valence-corrected chi connectivity index (χ1v) is 9.63. The van der Waals surface area contributed by atoms with Crippen molar-refractivity contribution in [2.24, 2.45) is 0 Å². The monoisotopic (exact) mass is 381 g/mol. The molecule has 1 amide bonds. The molecule has 2 aromatic carbocycles. The molecule has 140 valence electrons. The predicted molar refractivity (Wildman–Crippen MR) is 109 cm³/mol. The minimum atomic E-state index is -0.0690. The smallest absolute Gasteiger partial charge is 0.234 e. The molecule has 0 aliphatic carbocycles. The van der Waals surface area contributed by atoms with Crippen LogP contribution in [0.2, 0.25) is 0 Å². The Hall–Kier alpha value is -2.64. The van der Waals surface area contributed by atoms with Crippen LogP contribution in [0, 0.1) is 6.92 Å². The molecule has 3 aromatic rings. The number of aromatic nitrogens is 3. The number of benzene rings is 2. The third kappa shape index (κ3) is 5.42. The van der Waals surface area contributed by atoms with E-state index in [1.807, 2.05) is 68.1 Å². The molecule has 6 nitrogen and oxygen atoms in total. The Morgan fingerprint density at radius 3 is 2.70 bits per heavy atom. The molecule has 0 spiro atoms. The van der Waals surface area contributed by atoms with Crippen molar-refractivity contribution >= 4 is 23.4 Å². The molecule has 0 saturated carbocycles. The van der Waals surface area contributed by atoms with Crippen molar-refractivity contribution in [3.05, 3.63) is 66.0 Å². The first-order valence-electron chi connectivity index (χ1n) is 8.64. The van der Waals surface area contributed by atoms with Gasteiger partial charge in [0.05, 0.1) is 5.75 Å². The summed E-state index contributed by atoms with van der Waals surface area (Å²) in [6.45, 7) is 2.88. The van der Waals surface area contributed by atoms with Crippen molar-refractivity contribution in [1.82, 2.24) is 19.7 Å². The number of nitrogens with one attached hydrogen (secondary N) is 1. The molecule has 0 atom stereocenters. The Bertz CT molecular complexity index is 905. The number of hydrogen-bond donors (Lipinski definition) is 1. The van der Waals surface area contributed by atoms with Gasteiger partial charge in [-0.15, -0.1) is 10.2 Å². The van der Waals surface area contributed by atoms with Crippen LogP contribution in [0.3, 0.4) is 0 Å². The third-order valence-corrected chi connectivity index (χ3v) is 4.81. The molecule has 27 heavy (non-hydrogen) atoms. The van der Waals surface area contributed by atoms with E-state index in [9.17, 15) is 4.79 Å². The van der Waals surface area contributed by atoms with Crippen molar-refractivity contribution in [3.8, 4) is 5.69 Å². The fourth-order valence-electron chi connectivity index (χ4n) is 2.65. The normalized spacial score (nSPS) is 11.0. The van der Waals surface area contributed by atoms with Crippen LogP contribution >= 0.6 is 11.8 Å². The fraction of sp³-hybridized carbons (Fsp3) is 0.250. The Balaban J connectivity index is 1.60. The maximum Gasteiger partial charge on any atom is 0.234 e. The molecule has 7 heteroatoms. The highest BCUT2D eigenvalue weighted by atomic mass is 32.2. The number of aryl methyl sites for hydroxylation is 1. The number of nitrogens with zero attached hydrogens (tertiary/aromatic N) is 4. The molecule has 0 radical (unpaired) electrons.